The van der Waals surface area contributed by atoms with Crippen LogP contribution in [0.4, 0.5) is 22.7 Å². The molecule has 0 radical (unpaired) electrons. The van der Waals surface area contributed by atoms with Crippen LogP contribution in [0.5, 0.6) is 11.5 Å². The van der Waals surface area contributed by atoms with Crippen LogP contribution in [0.3, 0.4) is 0 Å². The largest absolute Gasteiger partial charge is 0.478 e. The van der Waals surface area contributed by atoms with Crippen molar-refractivity contribution >= 4 is 22.7 Å². The second kappa shape index (κ2) is 10.5. The lowest BCUT2D eigenvalue weighted by molar-refractivity contribution is 0.169. The molecule has 0 aliphatic heterocycles. The molecule has 0 heterocycles. The molecule has 0 unspecified atom stereocenters. The average Bonchev–Trinajstić information content (AvgIpc) is 2.83. The normalized spacial score (nSPS) is 10.7. The maximum Gasteiger partial charge on any atom is 0.149 e. The zero-order valence-electron chi connectivity index (χ0n) is 18.6. The van der Waals surface area contributed by atoms with Gasteiger partial charge < -0.3 is 32.5 Å². The van der Waals surface area contributed by atoms with Gasteiger partial charge in [-0.25, -0.2) is 0 Å². The summed E-state index contributed by atoms with van der Waals surface area (Å²) < 4.78 is 5.71. The van der Waals surface area contributed by atoms with Crippen molar-refractivity contribution in [1.29, 1.82) is 0 Å². The van der Waals surface area contributed by atoms with E-state index in [1.165, 1.54) is 0 Å². The number of nitrogen functional groups attached to an aromatic ring is 4. The van der Waals surface area contributed by atoms with E-state index in [0.717, 1.165) is 22.3 Å². The first kappa shape index (κ1) is 22.8. The molecule has 0 spiro atoms. The van der Waals surface area contributed by atoms with Crippen LogP contribution in [0.25, 0.3) is 22.3 Å². The molecule has 0 fully saturated rings. The summed E-state index contributed by atoms with van der Waals surface area (Å²) in [6.07, 6.45) is 0. The third-order valence-corrected chi connectivity index (χ3v) is 5.22. The van der Waals surface area contributed by atoms with Crippen LogP contribution >= 0.6 is 0 Å². The highest BCUT2D eigenvalue weighted by atomic mass is 16.6. The van der Waals surface area contributed by atoms with Crippen molar-refractivity contribution in [1.82, 2.24) is 10.8 Å². The van der Waals surface area contributed by atoms with Crippen LogP contribution in [-0.4, -0.2) is 13.4 Å². The number of anilines is 4. The Labute approximate surface area is 198 Å². The topological polar surface area (TPSA) is 147 Å². The molecule has 0 atom stereocenters. The van der Waals surface area contributed by atoms with E-state index in [2.05, 4.69) is 10.8 Å². The highest BCUT2D eigenvalue weighted by Gasteiger charge is 2.06. The summed E-state index contributed by atoms with van der Waals surface area (Å²) in [6, 6.07) is 26.2. The quantitative estimate of drug-likeness (QED) is 0.0964. The summed E-state index contributed by atoms with van der Waals surface area (Å²) in [5.74, 6) is 1.27. The maximum absolute atomic E-state index is 6.19. The van der Waals surface area contributed by atoms with Gasteiger partial charge in [0.15, 0.2) is 0 Å². The number of hydrogen-bond acceptors (Lipinski definition) is 8. The second-order valence-corrected chi connectivity index (χ2v) is 7.70. The van der Waals surface area contributed by atoms with Gasteiger partial charge >= 0.3 is 0 Å². The Kier molecular flexibility index (Phi) is 7.02. The van der Waals surface area contributed by atoms with Crippen molar-refractivity contribution in [3.05, 3.63) is 84.9 Å². The summed E-state index contributed by atoms with van der Waals surface area (Å²) in [7, 11) is 0. The number of rotatable bonds is 9. The molecule has 0 aliphatic carbocycles. The third kappa shape index (κ3) is 5.69. The van der Waals surface area contributed by atoms with Crippen LogP contribution in [0.15, 0.2) is 84.9 Å². The van der Waals surface area contributed by atoms with Crippen molar-refractivity contribution in [3.63, 3.8) is 0 Å². The van der Waals surface area contributed by atoms with Crippen LogP contribution in [-0.2, 0) is 0 Å². The number of hydrogen-bond donors (Lipinski definition) is 6. The smallest absolute Gasteiger partial charge is 0.149 e. The lowest BCUT2D eigenvalue weighted by Gasteiger charge is -2.13. The van der Waals surface area contributed by atoms with Crippen LogP contribution in [0, 0.1) is 0 Å². The van der Waals surface area contributed by atoms with Gasteiger partial charge in [0.25, 0.3) is 0 Å². The van der Waals surface area contributed by atoms with Gasteiger partial charge in [-0.05, 0) is 59.7 Å². The summed E-state index contributed by atoms with van der Waals surface area (Å²) in [5, 5.41) is 3.08. The van der Waals surface area contributed by atoms with Crippen LogP contribution < -0.4 is 43.3 Å². The lowest BCUT2D eigenvalue weighted by atomic mass is 10.0. The Morgan fingerprint density at radius 2 is 1.09 bits per heavy atom. The lowest BCUT2D eigenvalue weighted by Crippen LogP contribution is -2.33. The highest BCUT2D eigenvalue weighted by molar-refractivity contribution is 5.79. The standard InChI is InChI=1S/C26H28N6O2/c27-19-5-1-17(2-6-19)23-11-9-21(13-25(23)29)33-16-31-15-32-34-22-10-12-24(26(30)14-22)18-3-7-20(28)8-4-18/h1-14,31-32H,15-16,27-30H2. The maximum atomic E-state index is 6.19. The summed E-state index contributed by atoms with van der Waals surface area (Å²) >= 11 is 0. The molecule has 0 bridgehead atoms. The number of benzene rings is 4. The fraction of sp³-hybridized carbons (Fsp3) is 0.0769. The van der Waals surface area contributed by atoms with Crippen molar-refractivity contribution in [2.24, 2.45) is 0 Å². The predicted molar refractivity (Wildman–Crippen MR) is 139 cm³/mol. The Bertz CT molecular complexity index is 1140. The first-order valence-electron chi connectivity index (χ1n) is 10.7. The molecular formula is C26H28N6O2. The minimum Gasteiger partial charge on any atom is -0.478 e. The summed E-state index contributed by atoms with van der Waals surface area (Å²) in [4.78, 5) is 5.54. The summed E-state index contributed by atoms with van der Waals surface area (Å²) in [6.45, 7) is 0.633. The fourth-order valence-electron chi connectivity index (χ4n) is 3.44. The van der Waals surface area contributed by atoms with Gasteiger partial charge in [0.1, 0.15) is 18.2 Å². The Morgan fingerprint density at radius 1 is 0.588 bits per heavy atom. The van der Waals surface area contributed by atoms with E-state index in [9.17, 15) is 0 Å². The molecule has 10 N–H and O–H groups in total. The van der Waals surface area contributed by atoms with Gasteiger partial charge in [-0.15, -0.1) is 5.48 Å². The molecule has 4 rings (SSSR count). The fourth-order valence-corrected chi connectivity index (χ4v) is 3.44. The van der Waals surface area contributed by atoms with Gasteiger partial charge in [-0.1, -0.05) is 24.3 Å². The molecule has 0 saturated heterocycles. The van der Waals surface area contributed by atoms with E-state index in [1.54, 1.807) is 12.1 Å². The Morgan fingerprint density at radius 3 is 1.62 bits per heavy atom. The molecule has 4 aromatic carbocycles. The van der Waals surface area contributed by atoms with E-state index in [1.807, 2.05) is 72.8 Å². The Balaban J connectivity index is 1.21. The van der Waals surface area contributed by atoms with E-state index in [-0.39, 0.29) is 6.73 Å². The van der Waals surface area contributed by atoms with Gasteiger partial charge in [0.05, 0.1) is 6.67 Å². The molecule has 34 heavy (non-hydrogen) atoms. The molecule has 0 aromatic heterocycles. The molecule has 4 aromatic rings. The van der Waals surface area contributed by atoms with Gasteiger partial charge in [-0.3, -0.25) is 5.32 Å². The van der Waals surface area contributed by atoms with Crippen molar-refractivity contribution in [2.45, 2.75) is 0 Å². The van der Waals surface area contributed by atoms with Gasteiger partial charge in [0, 0.05) is 46.0 Å². The van der Waals surface area contributed by atoms with Crippen LogP contribution in [0.2, 0.25) is 0 Å². The molecule has 174 valence electrons. The van der Waals surface area contributed by atoms with Crippen molar-refractivity contribution < 1.29 is 9.57 Å². The molecule has 0 aliphatic rings. The predicted octanol–water partition coefficient (Wildman–Crippen LogP) is 3.82. The first-order valence-corrected chi connectivity index (χ1v) is 10.7. The molecular weight excluding hydrogens is 428 g/mol. The van der Waals surface area contributed by atoms with Gasteiger partial charge in [-0.2, -0.15) is 0 Å². The number of ether oxygens (including phenoxy) is 1. The van der Waals surface area contributed by atoms with Crippen LogP contribution in [0.1, 0.15) is 0 Å². The van der Waals surface area contributed by atoms with E-state index in [4.69, 9.17) is 32.5 Å². The molecule has 0 amide bonds. The van der Waals surface area contributed by atoms with E-state index in [0.29, 0.717) is 40.9 Å². The van der Waals surface area contributed by atoms with Gasteiger partial charge in [0.2, 0.25) is 0 Å². The molecule has 8 heteroatoms. The zero-order valence-corrected chi connectivity index (χ0v) is 18.6. The first-order chi connectivity index (χ1) is 16.5. The second-order valence-electron chi connectivity index (χ2n) is 7.70. The average molecular weight is 457 g/mol. The van der Waals surface area contributed by atoms with Crippen molar-refractivity contribution in [3.8, 4) is 33.8 Å². The van der Waals surface area contributed by atoms with Crippen molar-refractivity contribution in [2.75, 3.05) is 36.3 Å². The monoisotopic (exact) mass is 456 g/mol. The van der Waals surface area contributed by atoms with E-state index >= 15 is 0 Å². The minimum atomic E-state index is 0.273. The number of nitrogens with one attached hydrogen (secondary N) is 2. The minimum absolute atomic E-state index is 0.273. The zero-order chi connectivity index (χ0) is 23.9. The van der Waals surface area contributed by atoms with E-state index < -0.39 is 0 Å². The summed E-state index contributed by atoms with van der Waals surface area (Å²) in [5.41, 5.74) is 33.2. The number of nitrogens with two attached hydrogens (primary N) is 4. The number of hydroxylamine groups is 1. The molecule has 8 nitrogen and oxygen atoms in total. The third-order valence-electron chi connectivity index (χ3n) is 5.22. The molecule has 0 saturated carbocycles. The highest BCUT2D eigenvalue weighted by Crippen LogP contribution is 2.30. The SMILES string of the molecule is Nc1ccc(-c2ccc(OCNCNOc3ccc(-c4ccc(N)cc4)c(N)c3)cc2N)cc1. The Hall–Kier alpha value is -4.40.